The molecule has 5 saturated carbocycles. The molecule has 0 aromatic carbocycles. The summed E-state index contributed by atoms with van der Waals surface area (Å²) in [4.78, 5) is 26.3. The number of aliphatic hydroxyl groups excluding tert-OH is 2. The predicted molar refractivity (Wildman–Crippen MR) is 169 cm³/mol. The van der Waals surface area contributed by atoms with E-state index in [1.807, 2.05) is 14.0 Å². The van der Waals surface area contributed by atoms with Crippen LogP contribution in [0.4, 0.5) is 0 Å². The number of allylic oxidation sites excluding steroid dienone is 1. The maximum atomic E-state index is 13.6. The molecule has 256 valence electrons. The number of rotatable bonds is 7. The molecule has 46 heavy (non-hydrogen) atoms. The fraction of sp³-hybridized carbons (Fsp3) is 0.833. The molecule has 1 heterocycles. The summed E-state index contributed by atoms with van der Waals surface area (Å²) in [5, 5.41) is 70.0. The van der Waals surface area contributed by atoms with Crippen LogP contribution in [0.1, 0.15) is 72.1 Å². The smallest absolute Gasteiger partial charge is 0.331 e. The third kappa shape index (κ3) is 3.89. The molecule has 0 aromatic rings. The van der Waals surface area contributed by atoms with Crippen molar-refractivity contribution < 1.29 is 39.9 Å². The number of ether oxygens (including phenoxy) is 1. The van der Waals surface area contributed by atoms with Crippen LogP contribution in [0.15, 0.2) is 23.3 Å². The van der Waals surface area contributed by atoms with E-state index in [0.29, 0.717) is 38.6 Å². The van der Waals surface area contributed by atoms with E-state index in [1.54, 1.807) is 6.08 Å². The van der Waals surface area contributed by atoms with Gasteiger partial charge < -0.3 is 45.7 Å². The van der Waals surface area contributed by atoms with Gasteiger partial charge in [-0.3, -0.25) is 0 Å². The number of carbonyl (C=O) groups is 2. The fourth-order valence-corrected chi connectivity index (χ4v) is 12.6. The maximum absolute atomic E-state index is 13.6. The Bertz CT molecular complexity index is 1330. The van der Waals surface area contributed by atoms with Crippen LogP contribution in [0.2, 0.25) is 0 Å². The summed E-state index contributed by atoms with van der Waals surface area (Å²) in [5.41, 5.74) is -6.30. The summed E-state index contributed by atoms with van der Waals surface area (Å²) in [5.74, 6) is -3.04. The Morgan fingerprint density at radius 1 is 1.04 bits per heavy atom. The summed E-state index contributed by atoms with van der Waals surface area (Å²) in [6, 6.07) is 0. The standard InChI is InChI=1S/C36H54N2O8/c1-19(2)20-5-6-24-26(40)7-10-33(18-39)27-8-9-32(3)29-21(13-22(17-38-12-11-37-4)30-23(29)15-28(41)46-30)16-34(32,43)36(27,45)31(42)25(14-20)35(24,33)44/h13,15,18-21,24-27,29-31,37-38,40,42-45H,5-12,14,16-17H2,1-4H3/t20-,21-,24+,25-,26+,27-,29-,30+,31+,32-,33+,34-,35-,36-/m1/s1. The second-order valence-corrected chi connectivity index (χ2v) is 16.6. The number of hydrogen-bond donors (Lipinski definition) is 7. The molecule has 0 aromatic heterocycles. The van der Waals surface area contributed by atoms with Crippen molar-refractivity contribution in [1.82, 2.24) is 10.6 Å². The fourth-order valence-electron chi connectivity index (χ4n) is 12.6. The lowest BCUT2D eigenvalue weighted by Crippen LogP contribution is -2.85. The Hall–Kier alpha value is -1.66. The monoisotopic (exact) mass is 642 g/mol. The van der Waals surface area contributed by atoms with Crippen molar-refractivity contribution in [3.8, 4) is 0 Å². The van der Waals surface area contributed by atoms with Gasteiger partial charge in [-0.1, -0.05) is 26.8 Å². The molecule has 7 N–H and O–H groups in total. The van der Waals surface area contributed by atoms with Crippen molar-refractivity contribution in [2.75, 3.05) is 26.7 Å². The van der Waals surface area contributed by atoms with E-state index < -0.39 is 69.7 Å². The van der Waals surface area contributed by atoms with E-state index in [1.165, 1.54) is 0 Å². The molecular formula is C36H54N2O8. The lowest BCUT2D eigenvalue weighted by molar-refractivity contribution is -0.373. The van der Waals surface area contributed by atoms with E-state index in [0.717, 1.165) is 36.9 Å². The van der Waals surface area contributed by atoms with Crippen LogP contribution in [0, 0.1) is 52.3 Å². The third-order valence-corrected chi connectivity index (χ3v) is 14.8. The molecule has 0 spiro atoms. The first-order chi connectivity index (χ1) is 21.7. The summed E-state index contributed by atoms with van der Waals surface area (Å²) in [7, 11) is 1.88. The molecule has 0 amide bonds. The van der Waals surface area contributed by atoms with Crippen LogP contribution in [0.3, 0.4) is 0 Å². The quantitative estimate of drug-likeness (QED) is 0.0929. The molecule has 14 atom stereocenters. The number of esters is 1. The molecule has 0 unspecified atom stereocenters. The van der Waals surface area contributed by atoms with Crippen molar-refractivity contribution in [2.24, 2.45) is 52.3 Å². The number of nitrogens with one attached hydrogen (secondary N) is 2. The number of likely N-dealkylation sites (N-methyl/N-ethyl adjacent to an activating group) is 1. The van der Waals surface area contributed by atoms with Gasteiger partial charge in [-0.15, -0.1) is 0 Å². The van der Waals surface area contributed by atoms with Gasteiger partial charge >= 0.3 is 5.97 Å². The molecule has 0 saturated heterocycles. The summed E-state index contributed by atoms with van der Waals surface area (Å²) >= 11 is 0. The highest BCUT2D eigenvalue weighted by Gasteiger charge is 2.84. The molecule has 1 aliphatic heterocycles. The van der Waals surface area contributed by atoms with E-state index in [2.05, 4.69) is 30.6 Å². The second-order valence-electron chi connectivity index (χ2n) is 16.6. The minimum Gasteiger partial charge on any atom is -0.450 e. The Kier molecular flexibility index (Phi) is 7.80. The summed E-state index contributed by atoms with van der Waals surface area (Å²) in [6.45, 7) is 8.20. The van der Waals surface area contributed by atoms with E-state index >= 15 is 0 Å². The van der Waals surface area contributed by atoms with Gasteiger partial charge in [0.2, 0.25) is 0 Å². The molecular weight excluding hydrogens is 588 g/mol. The zero-order valence-electron chi connectivity index (χ0n) is 27.7. The van der Waals surface area contributed by atoms with Gasteiger partial charge in [-0.05, 0) is 93.2 Å². The maximum Gasteiger partial charge on any atom is 0.331 e. The first kappa shape index (κ1) is 32.9. The summed E-state index contributed by atoms with van der Waals surface area (Å²) in [6.07, 6.45) is 4.67. The first-order valence-electron chi connectivity index (χ1n) is 17.7. The van der Waals surface area contributed by atoms with Gasteiger partial charge in [-0.25, -0.2) is 4.79 Å². The van der Waals surface area contributed by atoms with E-state index in [9.17, 15) is 35.1 Å². The number of aldehydes is 1. The zero-order valence-corrected chi connectivity index (χ0v) is 27.7. The van der Waals surface area contributed by atoms with Crippen LogP contribution >= 0.6 is 0 Å². The van der Waals surface area contributed by atoms with Crippen molar-refractivity contribution in [1.29, 1.82) is 0 Å². The van der Waals surface area contributed by atoms with E-state index in [-0.39, 0.29) is 36.5 Å². The Labute approximate surface area is 272 Å². The average Bonchev–Trinajstić information content (AvgIpc) is 3.44. The van der Waals surface area contributed by atoms with Gasteiger partial charge in [0.15, 0.2) is 0 Å². The Balaban J connectivity index is 1.36. The van der Waals surface area contributed by atoms with Crippen molar-refractivity contribution in [2.45, 2.75) is 107 Å². The minimum absolute atomic E-state index is 0.107. The normalized spacial score (nSPS) is 52.3. The SMILES string of the molecule is CNCCNCC1=C[C@@H]2C[C@]3(O)[C@]4(O)[C@@H](O)[C@H]5C[C@H](C(C)C)CC[C@H]6[C@@H](O)CC[C@](C=O)([C@H]4CC[C@]3(C)[C@H]2C2=CC(=O)O[C@@H]12)[C@]56O. The molecule has 5 fully saturated rings. The molecule has 7 rings (SSSR count). The number of fused-ring (bicyclic) bond motifs is 8. The minimum atomic E-state index is -2.10. The van der Waals surface area contributed by atoms with Crippen LogP contribution in [-0.2, 0) is 14.3 Å². The topological polar surface area (TPSA) is 169 Å². The van der Waals surface area contributed by atoms with Gasteiger partial charge in [-0.2, -0.15) is 0 Å². The van der Waals surface area contributed by atoms with Crippen LogP contribution in [-0.4, -0.2) is 99.6 Å². The lowest BCUT2D eigenvalue weighted by Gasteiger charge is -2.72. The Morgan fingerprint density at radius 2 is 1.80 bits per heavy atom. The highest BCUT2D eigenvalue weighted by atomic mass is 16.5. The molecule has 7 aliphatic rings. The second kappa shape index (κ2) is 10.9. The number of hydrogen-bond acceptors (Lipinski definition) is 10. The van der Waals surface area contributed by atoms with Gasteiger partial charge in [0.1, 0.15) is 23.6 Å². The van der Waals surface area contributed by atoms with Crippen molar-refractivity contribution in [3.63, 3.8) is 0 Å². The lowest BCUT2D eigenvalue weighted by atomic mass is 9.35. The Morgan fingerprint density at radius 3 is 2.50 bits per heavy atom. The van der Waals surface area contributed by atoms with Gasteiger partial charge in [0, 0.05) is 48.9 Å². The van der Waals surface area contributed by atoms with Gasteiger partial charge in [0.25, 0.3) is 0 Å². The molecule has 0 radical (unpaired) electrons. The number of aliphatic hydroxyl groups is 5. The van der Waals surface area contributed by atoms with Crippen LogP contribution < -0.4 is 10.6 Å². The van der Waals surface area contributed by atoms with E-state index in [4.69, 9.17) is 4.74 Å². The van der Waals surface area contributed by atoms with Gasteiger partial charge in [0.05, 0.1) is 23.2 Å². The average molecular weight is 643 g/mol. The molecule has 0 bridgehead atoms. The van der Waals surface area contributed by atoms with Crippen LogP contribution in [0.25, 0.3) is 0 Å². The molecule has 6 aliphatic carbocycles. The molecule has 10 nitrogen and oxygen atoms in total. The molecule has 10 heteroatoms. The predicted octanol–water partition coefficient (Wildman–Crippen LogP) is 1.24. The summed E-state index contributed by atoms with van der Waals surface area (Å²) < 4.78 is 5.83. The number of carbonyl (C=O) groups excluding carboxylic acids is 2. The largest absolute Gasteiger partial charge is 0.450 e. The zero-order chi connectivity index (χ0) is 33.0. The van der Waals surface area contributed by atoms with Crippen molar-refractivity contribution in [3.05, 3.63) is 23.3 Å². The highest BCUT2D eigenvalue weighted by molar-refractivity contribution is 5.87. The third-order valence-electron chi connectivity index (χ3n) is 14.8. The first-order valence-corrected chi connectivity index (χ1v) is 17.7. The highest BCUT2D eigenvalue weighted by Crippen LogP contribution is 2.75. The van der Waals surface area contributed by atoms with Crippen LogP contribution in [0.5, 0.6) is 0 Å². The van der Waals surface area contributed by atoms with Crippen molar-refractivity contribution >= 4 is 12.3 Å².